The van der Waals surface area contributed by atoms with Gasteiger partial charge >= 0.3 is 0 Å². The third-order valence-electron chi connectivity index (χ3n) is 3.51. The first-order valence-corrected chi connectivity index (χ1v) is 8.50. The molecule has 0 unspecified atom stereocenters. The molecule has 0 saturated carbocycles. The third-order valence-corrected chi connectivity index (χ3v) is 5.59. The van der Waals surface area contributed by atoms with E-state index in [1.165, 1.54) is 4.31 Å². The summed E-state index contributed by atoms with van der Waals surface area (Å²) in [5.74, 6) is 0. The number of rotatable bonds is 5. The normalized spacial score (nSPS) is 11.8. The molecule has 0 heterocycles. The van der Waals surface area contributed by atoms with E-state index in [4.69, 9.17) is 0 Å². The molecule has 0 aliphatic heterocycles. The molecule has 0 fully saturated rings. The summed E-state index contributed by atoms with van der Waals surface area (Å²) in [7, 11) is -3.46. The molecule has 0 aliphatic rings. The lowest BCUT2D eigenvalue weighted by atomic mass is 10.1. The Bertz CT molecular complexity index is 723. The van der Waals surface area contributed by atoms with Crippen LogP contribution in [-0.4, -0.2) is 19.3 Å². The zero-order valence-corrected chi connectivity index (χ0v) is 13.5. The van der Waals surface area contributed by atoms with Gasteiger partial charge in [-0.25, -0.2) is 8.42 Å². The summed E-state index contributed by atoms with van der Waals surface area (Å²) in [6, 6.07) is 15.1. The van der Waals surface area contributed by atoms with E-state index in [0.29, 0.717) is 18.0 Å². The Labute approximate surface area is 127 Å². The predicted molar refractivity (Wildman–Crippen MR) is 85.6 cm³/mol. The van der Waals surface area contributed by atoms with Gasteiger partial charge in [0.25, 0.3) is 0 Å². The summed E-state index contributed by atoms with van der Waals surface area (Å²) >= 11 is 0. The summed E-state index contributed by atoms with van der Waals surface area (Å²) in [6.07, 6.45) is 0. The fourth-order valence-corrected chi connectivity index (χ4v) is 4.03. The second-order valence-corrected chi connectivity index (χ2v) is 7.09. The van der Waals surface area contributed by atoms with E-state index >= 15 is 0 Å². The topological polar surface area (TPSA) is 37.4 Å². The number of nitrogens with zero attached hydrogens (tertiary/aromatic N) is 1. The largest absolute Gasteiger partial charge is 0.243 e. The van der Waals surface area contributed by atoms with Crippen molar-refractivity contribution in [2.75, 3.05) is 6.54 Å². The summed E-state index contributed by atoms with van der Waals surface area (Å²) in [4.78, 5) is 0.388. The van der Waals surface area contributed by atoms with Crippen LogP contribution in [0.1, 0.15) is 23.6 Å². The Morgan fingerprint density at radius 3 is 2.33 bits per heavy atom. The molecular formula is C17H21NO2S. The maximum atomic E-state index is 12.8. The lowest BCUT2D eigenvalue weighted by Gasteiger charge is -2.21. The third kappa shape index (κ3) is 3.52. The molecule has 0 radical (unpaired) electrons. The number of aryl methyl sites for hydroxylation is 2. The molecule has 4 heteroatoms. The average Bonchev–Trinajstić information content (AvgIpc) is 2.45. The molecule has 112 valence electrons. The number of hydrogen-bond acceptors (Lipinski definition) is 2. The number of sulfonamides is 1. The van der Waals surface area contributed by atoms with Crippen molar-refractivity contribution < 1.29 is 8.42 Å². The van der Waals surface area contributed by atoms with Crippen LogP contribution in [-0.2, 0) is 16.6 Å². The first-order chi connectivity index (χ1) is 9.95. The van der Waals surface area contributed by atoms with Gasteiger partial charge in [-0.05, 0) is 31.0 Å². The minimum absolute atomic E-state index is 0.388. The Morgan fingerprint density at radius 1 is 1.00 bits per heavy atom. The zero-order valence-electron chi connectivity index (χ0n) is 12.7. The van der Waals surface area contributed by atoms with Crippen LogP contribution < -0.4 is 0 Å². The molecule has 21 heavy (non-hydrogen) atoms. The average molecular weight is 303 g/mol. The molecule has 0 saturated heterocycles. The standard InChI is InChI=1S/C17H21NO2S/c1-4-18(13-16-10-7-8-14(2)12-16)21(19,20)17-11-6-5-9-15(17)3/h5-12H,4,13H2,1-3H3. The molecule has 0 amide bonds. The Balaban J connectivity index is 2.35. The van der Waals surface area contributed by atoms with Gasteiger partial charge in [0.15, 0.2) is 0 Å². The highest BCUT2D eigenvalue weighted by Crippen LogP contribution is 2.21. The van der Waals surface area contributed by atoms with Crippen molar-refractivity contribution in [3.05, 3.63) is 65.2 Å². The maximum Gasteiger partial charge on any atom is 0.243 e. The fourth-order valence-electron chi connectivity index (χ4n) is 2.37. The van der Waals surface area contributed by atoms with Crippen LogP contribution in [0, 0.1) is 13.8 Å². The van der Waals surface area contributed by atoms with Gasteiger partial charge in [-0.2, -0.15) is 4.31 Å². The van der Waals surface area contributed by atoms with Gasteiger partial charge < -0.3 is 0 Å². The van der Waals surface area contributed by atoms with Crippen molar-refractivity contribution in [3.8, 4) is 0 Å². The first-order valence-electron chi connectivity index (χ1n) is 7.06. The molecule has 3 nitrogen and oxygen atoms in total. The van der Waals surface area contributed by atoms with E-state index in [2.05, 4.69) is 0 Å². The smallest absolute Gasteiger partial charge is 0.207 e. The first kappa shape index (κ1) is 15.7. The minimum Gasteiger partial charge on any atom is -0.207 e. The van der Waals surface area contributed by atoms with Gasteiger partial charge in [0.1, 0.15) is 0 Å². The maximum absolute atomic E-state index is 12.8. The van der Waals surface area contributed by atoms with Crippen LogP contribution in [0.3, 0.4) is 0 Å². The van der Waals surface area contributed by atoms with Crippen molar-refractivity contribution in [2.24, 2.45) is 0 Å². The van der Waals surface area contributed by atoms with Gasteiger partial charge in [0.2, 0.25) is 10.0 Å². The van der Waals surface area contributed by atoms with Crippen molar-refractivity contribution in [1.82, 2.24) is 4.31 Å². The molecular weight excluding hydrogens is 282 g/mol. The van der Waals surface area contributed by atoms with Gasteiger partial charge in [-0.15, -0.1) is 0 Å². The zero-order chi connectivity index (χ0) is 15.5. The predicted octanol–water partition coefficient (Wildman–Crippen LogP) is 3.51. The summed E-state index contributed by atoms with van der Waals surface area (Å²) in [5.41, 5.74) is 2.92. The molecule has 2 aromatic rings. The number of hydrogen-bond donors (Lipinski definition) is 0. The van der Waals surface area contributed by atoms with Crippen LogP contribution in [0.2, 0.25) is 0 Å². The summed E-state index contributed by atoms with van der Waals surface area (Å²) in [6.45, 7) is 6.55. The van der Waals surface area contributed by atoms with E-state index in [1.807, 2.05) is 57.2 Å². The molecule has 2 rings (SSSR count). The minimum atomic E-state index is -3.46. The molecule has 2 aromatic carbocycles. The highest BCUT2D eigenvalue weighted by Gasteiger charge is 2.24. The van der Waals surface area contributed by atoms with Gasteiger partial charge in [-0.3, -0.25) is 0 Å². The van der Waals surface area contributed by atoms with Crippen LogP contribution in [0.4, 0.5) is 0 Å². The van der Waals surface area contributed by atoms with Gasteiger partial charge in [-0.1, -0.05) is 55.0 Å². The molecule has 0 N–H and O–H groups in total. The van der Waals surface area contributed by atoms with Crippen LogP contribution in [0.15, 0.2) is 53.4 Å². The van der Waals surface area contributed by atoms with Gasteiger partial charge in [0.05, 0.1) is 4.90 Å². The van der Waals surface area contributed by atoms with E-state index in [-0.39, 0.29) is 0 Å². The fraction of sp³-hybridized carbons (Fsp3) is 0.294. The van der Waals surface area contributed by atoms with Crippen LogP contribution in [0.5, 0.6) is 0 Å². The molecule has 0 spiro atoms. The van der Waals surface area contributed by atoms with E-state index in [9.17, 15) is 8.42 Å². The second-order valence-electron chi connectivity index (χ2n) is 5.19. The van der Waals surface area contributed by atoms with E-state index in [0.717, 1.165) is 16.7 Å². The van der Waals surface area contributed by atoms with E-state index in [1.54, 1.807) is 12.1 Å². The lowest BCUT2D eigenvalue weighted by molar-refractivity contribution is 0.423. The number of benzene rings is 2. The van der Waals surface area contributed by atoms with Crippen molar-refractivity contribution >= 4 is 10.0 Å². The Morgan fingerprint density at radius 2 is 1.71 bits per heavy atom. The SMILES string of the molecule is CCN(Cc1cccc(C)c1)S(=O)(=O)c1ccccc1C. The van der Waals surface area contributed by atoms with Crippen LogP contribution >= 0.6 is 0 Å². The van der Waals surface area contributed by atoms with E-state index < -0.39 is 10.0 Å². The summed E-state index contributed by atoms with van der Waals surface area (Å²) in [5, 5.41) is 0. The highest BCUT2D eigenvalue weighted by molar-refractivity contribution is 7.89. The second kappa shape index (κ2) is 6.41. The highest BCUT2D eigenvalue weighted by atomic mass is 32.2. The van der Waals surface area contributed by atoms with Crippen molar-refractivity contribution in [2.45, 2.75) is 32.2 Å². The monoisotopic (exact) mass is 303 g/mol. The lowest BCUT2D eigenvalue weighted by Crippen LogP contribution is -2.31. The molecule has 0 aliphatic carbocycles. The summed E-state index contributed by atoms with van der Waals surface area (Å²) < 4.78 is 27.1. The van der Waals surface area contributed by atoms with Crippen LogP contribution in [0.25, 0.3) is 0 Å². The molecule has 0 aromatic heterocycles. The van der Waals surface area contributed by atoms with Crippen molar-refractivity contribution in [1.29, 1.82) is 0 Å². The van der Waals surface area contributed by atoms with Crippen molar-refractivity contribution in [3.63, 3.8) is 0 Å². The van der Waals surface area contributed by atoms with Gasteiger partial charge in [0, 0.05) is 13.1 Å². The Hall–Kier alpha value is -1.65. The quantitative estimate of drug-likeness (QED) is 0.847. The molecule has 0 atom stereocenters. The Kier molecular flexibility index (Phi) is 4.80. The molecule has 0 bridgehead atoms.